The van der Waals surface area contributed by atoms with Gasteiger partial charge in [0.25, 0.3) is 0 Å². The smallest absolute Gasteiger partial charge is 0.228 e. The van der Waals surface area contributed by atoms with E-state index in [1.54, 1.807) is 18.2 Å². The van der Waals surface area contributed by atoms with Crippen molar-refractivity contribution in [2.45, 2.75) is 6.42 Å². The number of carbonyl (C=O) groups is 1. The third-order valence-electron chi connectivity index (χ3n) is 3.27. The van der Waals surface area contributed by atoms with Gasteiger partial charge in [-0.15, -0.1) is 0 Å². The summed E-state index contributed by atoms with van der Waals surface area (Å²) in [4.78, 5) is 12.1. The van der Waals surface area contributed by atoms with Crippen LogP contribution in [0.1, 0.15) is 6.42 Å². The van der Waals surface area contributed by atoms with Gasteiger partial charge in [-0.3, -0.25) is 4.79 Å². The summed E-state index contributed by atoms with van der Waals surface area (Å²) >= 11 is 0. The summed E-state index contributed by atoms with van der Waals surface area (Å²) in [6, 6.07) is 5.04. The summed E-state index contributed by atoms with van der Waals surface area (Å²) in [5.41, 5.74) is 0.473. The zero-order valence-electron chi connectivity index (χ0n) is 11.4. The maximum atomic E-state index is 12.1. The topological polar surface area (TPSA) is 81.7 Å². The molecule has 2 rings (SSSR count). The molecule has 1 saturated heterocycles. The molecule has 1 aliphatic heterocycles. The van der Waals surface area contributed by atoms with E-state index in [4.69, 9.17) is 9.47 Å². The lowest BCUT2D eigenvalue weighted by atomic mass is 10.1. The molecule has 1 atom stereocenters. The average Bonchev–Trinajstić information content (AvgIpc) is 2.79. The van der Waals surface area contributed by atoms with Gasteiger partial charge in [-0.1, -0.05) is 0 Å². The Kier molecular flexibility index (Phi) is 4.17. The highest BCUT2D eigenvalue weighted by molar-refractivity contribution is 7.91. The number of rotatable bonds is 4. The fraction of sp³-hybridized carbons (Fsp3) is 0.462. The van der Waals surface area contributed by atoms with Gasteiger partial charge >= 0.3 is 0 Å². The second-order valence-corrected chi connectivity index (χ2v) is 6.88. The average molecular weight is 299 g/mol. The van der Waals surface area contributed by atoms with Crippen LogP contribution in [-0.4, -0.2) is 40.1 Å². The Morgan fingerprint density at radius 2 is 2.05 bits per heavy atom. The number of sulfone groups is 1. The first-order chi connectivity index (χ1) is 9.45. The standard InChI is InChI=1S/C13H17NO5S/c1-18-10-3-4-12(19-2)11(7-10)14-13(15)9-5-6-20(16,17)8-9/h3-4,7,9H,5-6,8H2,1-2H3,(H,14,15). The van der Waals surface area contributed by atoms with Gasteiger partial charge in [-0.25, -0.2) is 8.42 Å². The maximum Gasteiger partial charge on any atom is 0.228 e. The van der Waals surface area contributed by atoms with Gasteiger partial charge in [-0.05, 0) is 18.6 Å². The fourth-order valence-corrected chi connectivity index (χ4v) is 3.89. The third-order valence-corrected chi connectivity index (χ3v) is 5.04. The SMILES string of the molecule is COc1ccc(OC)c(NC(=O)C2CCS(=O)(=O)C2)c1. The van der Waals surface area contributed by atoms with Crippen molar-refractivity contribution in [3.05, 3.63) is 18.2 Å². The lowest BCUT2D eigenvalue weighted by Gasteiger charge is -2.13. The van der Waals surface area contributed by atoms with E-state index in [0.29, 0.717) is 23.6 Å². The van der Waals surface area contributed by atoms with Gasteiger partial charge in [0.2, 0.25) is 5.91 Å². The second kappa shape index (κ2) is 5.70. The number of amides is 1. The van der Waals surface area contributed by atoms with Crippen LogP contribution in [0, 0.1) is 5.92 Å². The molecule has 110 valence electrons. The normalized spacial score (nSPS) is 20.4. The molecule has 6 nitrogen and oxygen atoms in total. The third kappa shape index (κ3) is 3.22. The molecule has 7 heteroatoms. The highest BCUT2D eigenvalue weighted by atomic mass is 32.2. The Morgan fingerprint density at radius 1 is 1.30 bits per heavy atom. The Hall–Kier alpha value is -1.76. The molecule has 1 amide bonds. The van der Waals surface area contributed by atoms with Gasteiger partial charge in [0.15, 0.2) is 9.84 Å². The minimum Gasteiger partial charge on any atom is -0.497 e. The quantitative estimate of drug-likeness (QED) is 0.899. The summed E-state index contributed by atoms with van der Waals surface area (Å²) in [5, 5.41) is 2.71. The molecule has 1 aliphatic rings. The Balaban J connectivity index is 2.15. The second-order valence-electron chi connectivity index (χ2n) is 4.66. The molecule has 0 bridgehead atoms. The van der Waals surface area contributed by atoms with E-state index in [1.165, 1.54) is 14.2 Å². The van der Waals surface area contributed by atoms with Crippen molar-refractivity contribution < 1.29 is 22.7 Å². The number of nitrogens with one attached hydrogen (secondary N) is 1. The predicted octanol–water partition coefficient (Wildman–Crippen LogP) is 1.08. The fourth-order valence-electron chi connectivity index (χ4n) is 2.15. The molecule has 1 unspecified atom stereocenters. The van der Waals surface area contributed by atoms with E-state index in [0.717, 1.165) is 0 Å². The van der Waals surface area contributed by atoms with Crippen LogP contribution < -0.4 is 14.8 Å². The summed E-state index contributed by atoms with van der Waals surface area (Å²) in [6.45, 7) is 0. The molecule has 0 saturated carbocycles. The van der Waals surface area contributed by atoms with Crippen molar-refractivity contribution >= 4 is 21.4 Å². The summed E-state index contributed by atoms with van der Waals surface area (Å²) in [7, 11) is -0.0558. The largest absolute Gasteiger partial charge is 0.497 e. The van der Waals surface area contributed by atoms with Crippen LogP contribution in [0.3, 0.4) is 0 Å². The zero-order chi connectivity index (χ0) is 14.8. The zero-order valence-corrected chi connectivity index (χ0v) is 12.2. The lowest BCUT2D eigenvalue weighted by Crippen LogP contribution is -2.24. The van der Waals surface area contributed by atoms with Gasteiger partial charge in [0.05, 0.1) is 37.3 Å². The van der Waals surface area contributed by atoms with Crippen LogP contribution in [0.4, 0.5) is 5.69 Å². The van der Waals surface area contributed by atoms with E-state index in [2.05, 4.69) is 5.32 Å². The molecule has 1 heterocycles. The van der Waals surface area contributed by atoms with Crippen LogP contribution in [0.25, 0.3) is 0 Å². The summed E-state index contributed by atoms with van der Waals surface area (Å²) in [5.74, 6) is 0.250. The summed E-state index contributed by atoms with van der Waals surface area (Å²) in [6.07, 6.45) is 0.362. The van der Waals surface area contributed by atoms with E-state index in [1.807, 2.05) is 0 Å². The van der Waals surface area contributed by atoms with Crippen LogP contribution in [0.5, 0.6) is 11.5 Å². The first-order valence-electron chi connectivity index (χ1n) is 6.18. The monoisotopic (exact) mass is 299 g/mol. The number of anilines is 1. The lowest BCUT2D eigenvalue weighted by molar-refractivity contribution is -0.119. The number of hydrogen-bond acceptors (Lipinski definition) is 5. The van der Waals surface area contributed by atoms with Crippen molar-refractivity contribution in [1.82, 2.24) is 0 Å². The van der Waals surface area contributed by atoms with E-state index >= 15 is 0 Å². The van der Waals surface area contributed by atoms with Crippen LogP contribution in [0.2, 0.25) is 0 Å². The predicted molar refractivity (Wildman–Crippen MR) is 74.9 cm³/mol. The first-order valence-corrected chi connectivity index (χ1v) is 8.00. The van der Waals surface area contributed by atoms with Gasteiger partial charge in [0.1, 0.15) is 11.5 Å². The minimum atomic E-state index is -3.08. The molecule has 0 aliphatic carbocycles. The Bertz CT molecular complexity index is 611. The molecule has 0 radical (unpaired) electrons. The highest BCUT2D eigenvalue weighted by Crippen LogP contribution is 2.30. The number of hydrogen-bond donors (Lipinski definition) is 1. The first kappa shape index (κ1) is 14.6. The van der Waals surface area contributed by atoms with Crippen molar-refractivity contribution in [3.63, 3.8) is 0 Å². The van der Waals surface area contributed by atoms with E-state index in [9.17, 15) is 13.2 Å². The highest BCUT2D eigenvalue weighted by Gasteiger charge is 2.33. The molecular formula is C13H17NO5S. The molecule has 1 fully saturated rings. The maximum absolute atomic E-state index is 12.1. The molecule has 1 aromatic carbocycles. The van der Waals surface area contributed by atoms with E-state index < -0.39 is 15.8 Å². The molecule has 0 aromatic heterocycles. The Labute approximate surface area is 118 Å². The Morgan fingerprint density at radius 3 is 2.60 bits per heavy atom. The minimum absolute atomic E-state index is 0.0698. The van der Waals surface area contributed by atoms with Crippen molar-refractivity contribution in [1.29, 1.82) is 0 Å². The molecule has 1 aromatic rings. The molecule has 0 spiro atoms. The van der Waals surface area contributed by atoms with Gasteiger partial charge in [0, 0.05) is 6.07 Å². The van der Waals surface area contributed by atoms with Crippen LogP contribution >= 0.6 is 0 Å². The van der Waals surface area contributed by atoms with Gasteiger partial charge < -0.3 is 14.8 Å². The van der Waals surface area contributed by atoms with Crippen molar-refractivity contribution in [3.8, 4) is 11.5 Å². The molecular weight excluding hydrogens is 282 g/mol. The number of carbonyl (C=O) groups excluding carboxylic acids is 1. The van der Waals surface area contributed by atoms with Crippen molar-refractivity contribution in [2.75, 3.05) is 31.0 Å². The number of methoxy groups -OCH3 is 2. The van der Waals surface area contributed by atoms with Crippen LogP contribution in [0.15, 0.2) is 18.2 Å². The molecule has 1 N–H and O–H groups in total. The van der Waals surface area contributed by atoms with Crippen molar-refractivity contribution in [2.24, 2.45) is 5.92 Å². The number of benzene rings is 1. The summed E-state index contributed by atoms with van der Waals surface area (Å²) < 4.78 is 33.0. The molecule has 20 heavy (non-hydrogen) atoms. The van der Waals surface area contributed by atoms with E-state index in [-0.39, 0.29) is 17.4 Å². The number of ether oxygens (including phenoxy) is 2. The van der Waals surface area contributed by atoms with Crippen LogP contribution in [-0.2, 0) is 14.6 Å². The van der Waals surface area contributed by atoms with Gasteiger partial charge in [-0.2, -0.15) is 0 Å².